The smallest absolute Gasteiger partial charge is 0.407 e. The maximum Gasteiger partial charge on any atom is 0.407 e. The predicted molar refractivity (Wildman–Crippen MR) is 159 cm³/mol. The van der Waals surface area contributed by atoms with E-state index in [9.17, 15) is 19.5 Å². The van der Waals surface area contributed by atoms with E-state index in [1.54, 1.807) is 0 Å². The van der Waals surface area contributed by atoms with E-state index in [2.05, 4.69) is 51.1 Å². The number of carbonyl (C=O) groups is 3. The van der Waals surface area contributed by atoms with Gasteiger partial charge in [-0.15, -0.1) is 11.8 Å². The van der Waals surface area contributed by atoms with E-state index in [-0.39, 0.29) is 36.9 Å². The Bertz CT molecular complexity index is 990. The number of aliphatic hydroxyl groups excluding tert-OH is 1. The van der Waals surface area contributed by atoms with Crippen LogP contribution in [0.5, 0.6) is 0 Å². The number of hydrogen-bond acceptors (Lipinski definition) is 8. The summed E-state index contributed by atoms with van der Waals surface area (Å²) in [4.78, 5) is 36.5. The minimum Gasteiger partial charge on any atom is -0.445 e. The number of amides is 3. The fourth-order valence-corrected chi connectivity index (χ4v) is 6.37. The number of aliphatic hydroxyl groups is 1. The zero-order valence-electron chi connectivity index (χ0n) is 24.2. The molecule has 1 heterocycles. The number of ether oxygens (including phenoxy) is 2. The lowest BCUT2D eigenvalue weighted by Gasteiger charge is -2.49. The second-order valence-corrected chi connectivity index (χ2v) is 17.3. The van der Waals surface area contributed by atoms with Crippen LogP contribution in [0.1, 0.15) is 39.2 Å². The number of rotatable bonds is 14. The van der Waals surface area contributed by atoms with Crippen LogP contribution in [-0.4, -0.2) is 80.0 Å². The highest BCUT2D eigenvalue weighted by molar-refractivity contribution is 7.99. The summed E-state index contributed by atoms with van der Waals surface area (Å²) in [6.07, 6.45) is -1.11. The van der Waals surface area contributed by atoms with Crippen LogP contribution in [0.3, 0.4) is 0 Å². The molecule has 3 amide bonds. The second kappa shape index (κ2) is 15.6. The molecule has 0 aromatic heterocycles. The number of carbonyl (C=O) groups excluding carboxylic acids is 3. The molecule has 0 radical (unpaired) electrons. The van der Waals surface area contributed by atoms with E-state index in [1.807, 2.05) is 30.3 Å². The van der Waals surface area contributed by atoms with Gasteiger partial charge in [-0.2, -0.15) is 0 Å². The number of nitrogens with two attached hydrogens (primary N) is 1. The fraction of sp³-hybridized carbons (Fsp3) is 0.607. The Hall–Kier alpha value is -2.38. The molecule has 1 aromatic rings. The maximum absolute atomic E-state index is 12.7. The first-order chi connectivity index (χ1) is 18.7. The zero-order chi connectivity index (χ0) is 29.9. The summed E-state index contributed by atoms with van der Waals surface area (Å²) in [5.41, 5.74) is 5.51. The SMILES string of the molecule is C=CCOC(=O)N[C@@H]1[C@@H](O[Si](C)(C)C(C)(C)C)[C@@H](O)[C@@H](CNC(=O)Cc2ccccc2)O[C@@H]1SCCCC(N)=O. The number of benzene rings is 1. The molecule has 0 unspecified atom stereocenters. The van der Waals surface area contributed by atoms with Gasteiger partial charge >= 0.3 is 6.09 Å². The van der Waals surface area contributed by atoms with Crippen molar-refractivity contribution < 1.29 is 33.4 Å². The molecule has 40 heavy (non-hydrogen) atoms. The highest BCUT2D eigenvalue weighted by Crippen LogP contribution is 2.40. The summed E-state index contributed by atoms with van der Waals surface area (Å²) < 4.78 is 18.1. The summed E-state index contributed by atoms with van der Waals surface area (Å²) in [5.74, 6) is -0.0899. The first-order valence-corrected chi connectivity index (χ1v) is 17.5. The van der Waals surface area contributed by atoms with Gasteiger partial charge in [0.05, 0.1) is 18.6 Å². The molecule has 1 saturated heterocycles. The number of primary amides is 1. The van der Waals surface area contributed by atoms with Gasteiger partial charge in [-0.25, -0.2) is 4.79 Å². The molecule has 1 fully saturated rings. The molecule has 0 spiro atoms. The highest BCUT2D eigenvalue weighted by Gasteiger charge is 2.51. The van der Waals surface area contributed by atoms with Crippen LogP contribution in [0.2, 0.25) is 18.1 Å². The molecule has 5 N–H and O–H groups in total. The van der Waals surface area contributed by atoms with Crippen LogP contribution in [0.15, 0.2) is 43.0 Å². The average molecular weight is 596 g/mol. The van der Waals surface area contributed by atoms with Crippen LogP contribution in [0.25, 0.3) is 0 Å². The molecule has 10 nitrogen and oxygen atoms in total. The topological polar surface area (TPSA) is 149 Å². The van der Waals surface area contributed by atoms with Gasteiger partial charge in [-0.1, -0.05) is 63.8 Å². The van der Waals surface area contributed by atoms with Gasteiger partial charge in [0.1, 0.15) is 24.3 Å². The van der Waals surface area contributed by atoms with Gasteiger partial charge in [-0.3, -0.25) is 9.59 Å². The summed E-state index contributed by atoms with van der Waals surface area (Å²) in [5, 5.41) is 17.0. The van der Waals surface area contributed by atoms with Crippen LogP contribution in [0.4, 0.5) is 4.79 Å². The van der Waals surface area contributed by atoms with Crippen molar-refractivity contribution in [1.29, 1.82) is 0 Å². The van der Waals surface area contributed by atoms with Gasteiger partial charge in [0.2, 0.25) is 11.8 Å². The van der Waals surface area contributed by atoms with Crippen LogP contribution in [-0.2, 0) is 29.9 Å². The van der Waals surface area contributed by atoms with Crippen molar-refractivity contribution in [2.75, 3.05) is 18.9 Å². The number of alkyl carbamates (subject to hydrolysis) is 1. The molecule has 0 saturated carbocycles. The third-order valence-electron chi connectivity index (χ3n) is 7.08. The molecule has 1 aromatic carbocycles. The molecule has 5 atom stereocenters. The lowest BCUT2D eigenvalue weighted by Crippen LogP contribution is -2.67. The Morgan fingerprint density at radius 2 is 1.90 bits per heavy atom. The Morgan fingerprint density at radius 3 is 2.50 bits per heavy atom. The molecule has 1 aliphatic heterocycles. The summed E-state index contributed by atoms with van der Waals surface area (Å²) in [7, 11) is -2.44. The number of thioether (sulfide) groups is 1. The Morgan fingerprint density at radius 1 is 1.23 bits per heavy atom. The summed E-state index contributed by atoms with van der Waals surface area (Å²) in [6.45, 7) is 14.0. The first kappa shape index (κ1) is 33.8. The van der Waals surface area contributed by atoms with Crippen molar-refractivity contribution in [3.63, 3.8) is 0 Å². The van der Waals surface area contributed by atoms with Gasteiger partial charge in [0, 0.05) is 13.0 Å². The van der Waals surface area contributed by atoms with Gasteiger partial charge < -0.3 is 35.4 Å². The molecule has 2 rings (SSSR count). The lowest BCUT2D eigenvalue weighted by atomic mass is 9.97. The second-order valence-electron chi connectivity index (χ2n) is 11.3. The van der Waals surface area contributed by atoms with Gasteiger partial charge in [0.15, 0.2) is 8.32 Å². The fourth-order valence-electron chi connectivity index (χ4n) is 3.85. The third kappa shape index (κ3) is 10.5. The first-order valence-electron chi connectivity index (χ1n) is 13.5. The Labute approximate surface area is 242 Å². The molecule has 224 valence electrons. The van der Waals surface area contributed by atoms with E-state index in [0.717, 1.165) is 5.56 Å². The normalized spacial score (nSPS) is 23.2. The van der Waals surface area contributed by atoms with Crippen LogP contribution >= 0.6 is 11.8 Å². The van der Waals surface area contributed by atoms with Crippen molar-refractivity contribution >= 4 is 38.0 Å². The standard InChI is InChI=1S/C28H45N3O7SSi/c1-7-15-36-27(35)31-23-25(38-40(5,6)28(2,3)4)24(34)20(37-26(23)39-16-11-14-21(29)32)18-30-22(33)17-19-12-9-8-10-13-19/h7-10,12-13,20,23-26,34H,1,11,14-18H2,2-6H3,(H2,29,32)(H,30,33)(H,31,35)/t20-,23-,24+,25-,26-/m1/s1. The van der Waals surface area contributed by atoms with Crippen molar-refractivity contribution in [2.45, 2.75) is 88.0 Å². The van der Waals surface area contributed by atoms with E-state index in [0.29, 0.717) is 12.2 Å². The Balaban J connectivity index is 2.29. The van der Waals surface area contributed by atoms with Gasteiger partial charge in [-0.05, 0) is 35.9 Å². The van der Waals surface area contributed by atoms with E-state index in [1.165, 1.54) is 17.8 Å². The molecule has 12 heteroatoms. The third-order valence-corrected chi connectivity index (χ3v) is 12.8. The summed E-state index contributed by atoms with van der Waals surface area (Å²) in [6, 6.07) is 8.59. The number of hydrogen-bond donors (Lipinski definition) is 4. The van der Waals surface area contributed by atoms with Crippen molar-refractivity contribution in [1.82, 2.24) is 10.6 Å². The highest BCUT2D eigenvalue weighted by atomic mass is 32.2. The molecule has 1 aliphatic rings. The Kier molecular flexibility index (Phi) is 13.2. The van der Waals surface area contributed by atoms with E-state index < -0.39 is 50.1 Å². The lowest BCUT2D eigenvalue weighted by molar-refractivity contribution is -0.154. The van der Waals surface area contributed by atoms with Crippen molar-refractivity contribution in [3.8, 4) is 0 Å². The summed E-state index contributed by atoms with van der Waals surface area (Å²) >= 11 is 1.38. The van der Waals surface area contributed by atoms with Crippen LogP contribution in [0, 0.1) is 0 Å². The van der Waals surface area contributed by atoms with Crippen LogP contribution < -0.4 is 16.4 Å². The molecule has 0 aliphatic carbocycles. The quantitative estimate of drug-likeness (QED) is 0.146. The molecular weight excluding hydrogens is 550 g/mol. The predicted octanol–water partition coefficient (Wildman–Crippen LogP) is 3.10. The van der Waals surface area contributed by atoms with Crippen molar-refractivity contribution in [3.05, 3.63) is 48.6 Å². The molecule has 0 bridgehead atoms. The van der Waals surface area contributed by atoms with Crippen molar-refractivity contribution in [2.24, 2.45) is 5.73 Å². The monoisotopic (exact) mass is 595 g/mol. The zero-order valence-corrected chi connectivity index (χ0v) is 26.0. The average Bonchev–Trinajstić information content (AvgIpc) is 2.87. The van der Waals surface area contributed by atoms with Gasteiger partial charge in [0.25, 0.3) is 0 Å². The molecular formula is C28H45N3O7SSi. The number of nitrogens with one attached hydrogen (secondary N) is 2. The minimum atomic E-state index is -2.44. The van der Waals surface area contributed by atoms with E-state index >= 15 is 0 Å². The minimum absolute atomic E-state index is 0.0161. The largest absolute Gasteiger partial charge is 0.445 e. The van der Waals surface area contributed by atoms with E-state index in [4.69, 9.17) is 19.6 Å². The maximum atomic E-state index is 12.7.